The van der Waals surface area contributed by atoms with E-state index in [0.29, 0.717) is 32.5 Å². The van der Waals surface area contributed by atoms with E-state index in [9.17, 15) is 9.59 Å². The summed E-state index contributed by atoms with van der Waals surface area (Å²) in [6.07, 6.45) is 3.63. The van der Waals surface area contributed by atoms with Crippen LogP contribution in [-0.2, 0) is 16.0 Å². The fraction of sp³-hybridized carbons (Fsp3) is 0.533. The molecule has 20 heavy (non-hydrogen) atoms. The van der Waals surface area contributed by atoms with Gasteiger partial charge in [0.2, 0.25) is 5.91 Å². The van der Waals surface area contributed by atoms with Crippen LogP contribution in [0, 0.1) is 0 Å². The van der Waals surface area contributed by atoms with Crippen molar-refractivity contribution in [3.63, 3.8) is 0 Å². The summed E-state index contributed by atoms with van der Waals surface area (Å²) < 4.78 is 0. The highest BCUT2D eigenvalue weighted by atomic mass is 16.2. The second kappa shape index (κ2) is 7.14. The van der Waals surface area contributed by atoms with Crippen LogP contribution >= 0.6 is 0 Å². The average Bonchev–Trinajstić information content (AvgIpc) is 2.47. The summed E-state index contributed by atoms with van der Waals surface area (Å²) in [5, 5.41) is 0. The van der Waals surface area contributed by atoms with Crippen LogP contribution < -0.4 is 0 Å². The summed E-state index contributed by atoms with van der Waals surface area (Å²) in [6.45, 7) is 2.36. The molecule has 0 radical (unpaired) electrons. The largest absolute Gasteiger partial charge is 0.341 e. The number of Topliss-reactive ketones (excluding diaryl/α,β-unsaturated/α-hetero) is 1. The number of amides is 1. The Bertz CT molecular complexity index is 451. The van der Waals surface area contributed by atoms with Gasteiger partial charge in [0, 0.05) is 50.8 Å². The first-order chi connectivity index (χ1) is 9.65. The Morgan fingerprint density at radius 1 is 1.35 bits per heavy atom. The van der Waals surface area contributed by atoms with Crippen molar-refractivity contribution in [3.05, 3.63) is 30.1 Å². The molecule has 0 atom stereocenters. The molecule has 2 heterocycles. The summed E-state index contributed by atoms with van der Waals surface area (Å²) >= 11 is 0. The van der Waals surface area contributed by atoms with Gasteiger partial charge < -0.3 is 4.90 Å². The van der Waals surface area contributed by atoms with Crippen LogP contribution in [0.3, 0.4) is 0 Å². The third-order valence-corrected chi connectivity index (χ3v) is 3.55. The molecule has 1 amide bonds. The molecule has 0 saturated carbocycles. The number of hydrogen-bond acceptors (Lipinski definition) is 4. The van der Waals surface area contributed by atoms with E-state index < -0.39 is 0 Å². The van der Waals surface area contributed by atoms with Crippen molar-refractivity contribution in [1.29, 1.82) is 0 Å². The quantitative estimate of drug-likeness (QED) is 0.795. The summed E-state index contributed by atoms with van der Waals surface area (Å²) in [5.74, 6) is 0.374. The molecule has 0 aromatic carbocycles. The normalized spacial score (nSPS) is 15.7. The van der Waals surface area contributed by atoms with Gasteiger partial charge in [0.05, 0.1) is 6.54 Å². The topological polar surface area (TPSA) is 53.5 Å². The number of rotatable bonds is 5. The fourth-order valence-electron chi connectivity index (χ4n) is 2.27. The zero-order valence-corrected chi connectivity index (χ0v) is 11.9. The minimum atomic E-state index is 0.112. The van der Waals surface area contributed by atoms with Crippen LogP contribution in [0.1, 0.15) is 18.5 Å². The second-order valence-electron chi connectivity index (χ2n) is 5.23. The van der Waals surface area contributed by atoms with Gasteiger partial charge in [-0.2, -0.15) is 0 Å². The Kier molecular flexibility index (Phi) is 5.24. The van der Waals surface area contributed by atoms with Gasteiger partial charge in [-0.05, 0) is 19.2 Å². The molecule has 1 saturated heterocycles. The first kappa shape index (κ1) is 14.7. The van der Waals surface area contributed by atoms with Crippen molar-refractivity contribution >= 4 is 11.7 Å². The number of nitrogens with zero attached hydrogens (tertiary/aromatic N) is 3. The molecule has 0 unspecified atom stereocenters. The lowest BCUT2D eigenvalue weighted by molar-refractivity contribution is -0.135. The van der Waals surface area contributed by atoms with Crippen molar-refractivity contribution in [1.82, 2.24) is 14.8 Å². The SMILES string of the molecule is CN(CCc1ccccn1)CC(=O)N1CCC(=O)CC1. The molecule has 2 rings (SSSR count). The minimum Gasteiger partial charge on any atom is -0.341 e. The Labute approximate surface area is 119 Å². The predicted molar refractivity (Wildman–Crippen MR) is 76.3 cm³/mol. The molecule has 0 bridgehead atoms. The van der Waals surface area contributed by atoms with E-state index in [1.807, 2.05) is 30.1 Å². The van der Waals surface area contributed by atoms with Gasteiger partial charge in [-0.1, -0.05) is 6.07 Å². The average molecular weight is 275 g/mol. The monoisotopic (exact) mass is 275 g/mol. The smallest absolute Gasteiger partial charge is 0.236 e. The van der Waals surface area contributed by atoms with Gasteiger partial charge in [0.1, 0.15) is 5.78 Å². The lowest BCUT2D eigenvalue weighted by Gasteiger charge is -2.28. The Morgan fingerprint density at radius 2 is 2.10 bits per heavy atom. The molecule has 5 heteroatoms. The highest BCUT2D eigenvalue weighted by Gasteiger charge is 2.21. The Hall–Kier alpha value is -1.75. The lowest BCUT2D eigenvalue weighted by atomic mass is 10.1. The van der Waals surface area contributed by atoms with Crippen LogP contribution in [0.25, 0.3) is 0 Å². The first-order valence-electron chi connectivity index (χ1n) is 7.03. The number of aromatic nitrogens is 1. The molecule has 1 aliphatic rings. The van der Waals surface area contributed by atoms with Gasteiger partial charge in [-0.25, -0.2) is 0 Å². The number of likely N-dealkylation sites (tertiary alicyclic amines) is 1. The number of pyridine rings is 1. The molecule has 5 nitrogen and oxygen atoms in total. The molecule has 1 aromatic rings. The number of piperidine rings is 1. The third kappa shape index (κ3) is 4.42. The van der Waals surface area contributed by atoms with Gasteiger partial charge in [0.25, 0.3) is 0 Å². The van der Waals surface area contributed by atoms with E-state index in [0.717, 1.165) is 18.7 Å². The second-order valence-corrected chi connectivity index (χ2v) is 5.23. The standard InChI is InChI=1S/C15H21N3O2/c1-17(9-5-13-4-2-3-8-16-13)12-15(20)18-10-6-14(19)7-11-18/h2-4,8H,5-7,9-12H2,1H3. The van der Waals surface area contributed by atoms with Crippen molar-refractivity contribution in [2.24, 2.45) is 0 Å². The van der Waals surface area contributed by atoms with Crippen molar-refractivity contribution in [2.75, 3.05) is 33.2 Å². The van der Waals surface area contributed by atoms with E-state index in [2.05, 4.69) is 4.98 Å². The number of ketones is 1. The number of carbonyl (C=O) groups is 2. The first-order valence-corrected chi connectivity index (χ1v) is 7.03. The van der Waals surface area contributed by atoms with E-state index in [-0.39, 0.29) is 11.7 Å². The van der Waals surface area contributed by atoms with Gasteiger partial charge in [0.15, 0.2) is 0 Å². The maximum absolute atomic E-state index is 12.1. The van der Waals surface area contributed by atoms with Crippen LogP contribution in [0.5, 0.6) is 0 Å². The van der Waals surface area contributed by atoms with Crippen molar-refractivity contribution in [3.8, 4) is 0 Å². The summed E-state index contributed by atoms with van der Waals surface area (Å²) in [7, 11) is 1.94. The lowest BCUT2D eigenvalue weighted by Crippen LogP contribution is -2.43. The van der Waals surface area contributed by atoms with Gasteiger partial charge in [-0.3, -0.25) is 19.5 Å². The number of hydrogen-bond donors (Lipinski definition) is 0. The molecule has 0 spiro atoms. The molecule has 1 aromatic heterocycles. The summed E-state index contributed by atoms with van der Waals surface area (Å²) in [5.41, 5.74) is 1.04. The van der Waals surface area contributed by atoms with Gasteiger partial charge in [-0.15, -0.1) is 0 Å². The highest BCUT2D eigenvalue weighted by molar-refractivity contribution is 5.84. The van der Waals surface area contributed by atoms with Gasteiger partial charge >= 0.3 is 0 Å². The maximum Gasteiger partial charge on any atom is 0.236 e. The maximum atomic E-state index is 12.1. The summed E-state index contributed by atoms with van der Waals surface area (Å²) in [4.78, 5) is 31.3. The molecule has 1 aliphatic heterocycles. The summed E-state index contributed by atoms with van der Waals surface area (Å²) in [6, 6.07) is 5.86. The highest BCUT2D eigenvalue weighted by Crippen LogP contribution is 2.06. The van der Waals surface area contributed by atoms with E-state index in [1.165, 1.54) is 0 Å². The van der Waals surface area contributed by atoms with Crippen LogP contribution in [0.15, 0.2) is 24.4 Å². The number of carbonyl (C=O) groups excluding carboxylic acids is 2. The zero-order valence-electron chi connectivity index (χ0n) is 11.9. The molecular weight excluding hydrogens is 254 g/mol. The molecule has 0 N–H and O–H groups in total. The van der Waals surface area contributed by atoms with Crippen molar-refractivity contribution in [2.45, 2.75) is 19.3 Å². The predicted octanol–water partition coefficient (Wildman–Crippen LogP) is 0.747. The number of likely N-dealkylation sites (N-methyl/N-ethyl adjacent to an activating group) is 1. The minimum absolute atomic E-state index is 0.112. The Balaban J connectivity index is 1.72. The van der Waals surface area contributed by atoms with Crippen LogP contribution in [0.4, 0.5) is 0 Å². The molecule has 1 fully saturated rings. The third-order valence-electron chi connectivity index (χ3n) is 3.55. The molecule has 108 valence electrons. The van der Waals surface area contributed by atoms with Crippen LogP contribution in [-0.4, -0.2) is 59.7 Å². The molecular formula is C15H21N3O2. The Morgan fingerprint density at radius 3 is 2.75 bits per heavy atom. The zero-order chi connectivity index (χ0) is 14.4. The van der Waals surface area contributed by atoms with E-state index in [1.54, 1.807) is 11.1 Å². The van der Waals surface area contributed by atoms with Crippen molar-refractivity contribution < 1.29 is 9.59 Å². The van der Waals surface area contributed by atoms with E-state index >= 15 is 0 Å². The fourth-order valence-corrected chi connectivity index (χ4v) is 2.27. The van der Waals surface area contributed by atoms with Crippen LogP contribution in [0.2, 0.25) is 0 Å². The molecule has 0 aliphatic carbocycles. The van der Waals surface area contributed by atoms with E-state index in [4.69, 9.17) is 0 Å².